The molecule has 1 aromatic rings. The number of rotatable bonds is 3. The molecule has 2 aliphatic rings. The van der Waals surface area contributed by atoms with Crippen LogP contribution in [-0.2, 0) is 16.4 Å². The fraction of sp³-hybridized carbons (Fsp3) is 0.429. The molecule has 5 heteroatoms. The first-order valence-corrected chi connectivity index (χ1v) is 8.17. The van der Waals surface area contributed by atoms with Gasteiger partial charge in [-0.1, -0.05) is 12.2 Å². The lowest BCUT2D eigenvalue weighted by Gasteiger charge is -2.19. The van der Waals surface area contributed by atoms with Gasteiger partial charge in [0.2, 0.25) is 10.0 Å². The zero-order valence-corrected chi connectivity index (χ0v) is 11.5. The highest BCUT2D eigenvalue weighted by molar-refractivity contribution is 7.89. The second kappa shape index (κ2) is 4.98. The highest BCUT2D eigenvalue weighted by atomic mass is 32.2. The van der Waals surface area contributed by atoms with Crippen molar-refractivity contribution in [2.75, 3.05) is 11.9 Å². The van der Waals surface area contributed by atoms with E-state index in [1.54, 1.807) is 12.1 Å². The number of hydrogen-bond acceptors (Lipinski definition) is 3. The van der Waals surface area contributed by atoms with Crippen molar-refractivity contribution in [3.05, 3.63) is 35.9 Å². The third-order valence-electron chi connectivity index (χ3n) is 3.66. The van der Waals surface area contributed by atoms with Crippen molar-refractivity contribution in [1.29, 1.82) is 0 Å². The summed E-state index contributed by atoms with van der Waals surface area (Å²) in [5.41, 5.74) is 2.16. The maximum atomic E-state index is 12.3. The van der Waals surface area contributed by atoms with Gasteiger partial charge in [-0.2, -0.15) is 0 Å². The summed E-state index contributed by atoms with van der Waals surface area (Å²) in [6, 6.07) is 5.36. The molecule has 1 aliphatic heterocycles. The second-order valence-electron chi connectivity index (χ2n) is 5.11. The van der Waals surface area contributed by atoms with E-state index in [1.807, 2.05) is 18.2 Å². The van der Waals surface area contributed by atoms with Crippen LogP contribution in [0.4, 0.5) is 5.69 Å². The molecule has 2 N–H and O–H groups in total. The van der Waals surface area contributed by atoms with E-state index in [0.29, 0.717) is 4.90 Å². The van der Waals surface area contributed by atoms with Crippen molar-refractivity contribution in [3.63, 3.8) is 0 Å². The predicted molar refractivity (Wildman–Crippen MR) is 75.7 cm³/mol. The van der Waals surface area contributed by atoms with Gasteiger partial charge >= 0.3 is 0 Å². The normalized spacial score (nSPS) is 19.2. The minimum absolute atomic E-state index is 0.0131. The summed E-state index contributed by atoms with van der Waals surface area (Å²) in [7, 11) is -3.39. The zero-order chi connectivity index (χ0) is 13.3. The van der Waals surface area contributed by atoms with Gasteiger partial charge in [-0.25, -0.2) is 13.1 Å². The number of sulfonamides is 1. The molecule has 1 aliphatic carbocycles. The zero-order valence-electron chi connectivity index (χ0n) is 10.7. The largest absolute Gasteiger partial charge is 0.385 e. The summed E-state index contributed by atoms with van der Waals surface area (Å²) in [6.07, 6.45) is 7.60. The molecular weight excluding hydrogens is 260 g/mol. The van der Waals surface area contributed by atoms with Crippen LogP contribution in [0.15, 0.2) is 35.2 Å². The standard InChI is InChI=1S/C14H18N2O2S/c17-19(18,16-12-5-1-2-6-12)13-7-8-14-11(10-13)4-3-9-15-14/h1-2,7-8,10,12,15-16H,3-6,9H2. The van der Waals surface area contributed by atoms with E-state index in [-0.39, 0.29) is 6.04 Å². The van der Waals surface area contributed by atoms with Crippen LogP contribution in [0.2, 0.25) is 0 Å². The summed E-state index contributed by atoms with van der Waals surface area (Å²) in [5, 5.41) is 3.29. The van der Waals surface area contributed by atoms with Crippen molar-refractivity contribution in [1.82, 2.24) is 4.72 Å². The lowest BCUT2D eigenvalue weighted by atomic mass is 10.0. The smallest absolute Gasteiger partial charge is 0.240 e. The summed E-state index contributed by atoms with van der Waals surface area (Å²) in [4.78, 5) is 0.377. The maximum Gasteiger partial charge on any atom is 0.240 e. The Balaban J connectivity index is 1.84. The van der Waals surface area contributed by atoms with Gasteiger partial charge in [-0.15, -0.1) is 0 Å². The quantitative estimate of drug-likeness (QED) is 0.832. The Morgan fingerprint density at radius 3 is 2.79 bits per heavy atom. The highest BCUT2D eigenvalue weighted by Crippen LogP contribution is 2.25. The van der Waals surface area contributed by atoms with Crippen molar-refractivity contribution in [3.8, 4) is 0 Å². The Labute approximate surface area is 114 Å². The molecule has 0 aromatic heterocycles. The lowest BCUT2D eigenvalue weighted by Crippen LogP contribution is -2.33. The maximum absolute atomic E-state index is 12.3. The number of nitrogens with one attached hydrogen (secondary N) is 2. The molecule has 0 saturated carbocycles. The minimum atomic E-state index is -3.39. The fourth-order valence-corrected chi connectivity index (χ4v) is 3.93. The van der Waals surface area contributed by atoms with E-state index in [4.69, 9.17) is 0 Å². The van der Waals surface area contributed by atoms with Crippen LogP contribution in [0.3, 0.4) is 0 Å². The molecule has 0 amide bonds. The fourth-order valence-electron chi connectivity index (χ4n) is 2.62. The van der Waals surface area contributed by atoms with Gasteiger partial charge in [0.1, 0.15) is 0 Å². The van der Waals surface area contributed by atoms with E-state index in [9.17, 15) is 8.42 Å². The topological polar surface area (TPSA) is 58.2 Å². The van der Waals surface area contributed by atoms with Crippen LogP contribution in [0.5, 0.6) is 0 Å². The molecule has 0 spiro atoms. The summed E-state index contributed by atoms with van der Waals surface area (Å²) < 4.78 is 27.4. The van der Waals surface area contributed by atoms with Crippen LogP contribution in [0.25, 0.3) is 0 Å². The van der Waals surface area contributed by atoms with Gasteiger partial charge in [-0.3, -0.25) is 0 Å². The number of benzene rings is 1. The number of hydrogen-bond donors (Lipinski definition) is 2. The van der Waals surface area contributed by atoms with Gasteiger partial charge in [0.05, 0.1) is 4.90 Å². The van der Waals surface area contributed by atoms with E-state index in [1.165, 1.54) is 0 Å². The Kier molecular flexibility index (Phi) is 3.33. The SMILES string of the molecule is O=S(=O)(NC1CC=CC1)c1ccc2c(c1)CCCN2. The second-order valence-corrected chi connectivity index (χ2v) is 6.82. The minimum Gasteiger partial charge on any atom is -0.385 e. The van der Waals surface area contributed by atoms with Gasteiger partial charge < -0.3 is 5.32 Å². The van der Waals surface area contributed by atoms with Crippen LogP contribution >= 0.6 is 0 Å². The molecule has 1 aromatic carbocycles. The summed E-state index contributed by atoms with van der Waals surface area (Å²) in [6.45, 7) is 0.963. The van der Waals surface area contributed by atoms with Crippen molar-refractivity contribution >= 4 is 15.7 Å². The Hall–Kier alpha value is -1.33. The molecule has 102 valence electrons. The van der Waals surface area contributed by atoms with E-state index in [2.05, 4.69) is 10.0 Å². The van der Waals surface area contributed by atoms with Crippen LogP contribution in [0.1, 0.15) is 24.8 Å². The first kappa shape index (κ1) is 12.7. The van der Waals surface area contributed by atoms with Gasteiger partial charge in [0, 0.05) is 18.3 Å². The van der Waals surface area contributed by atoms with E-state index < -0.39 is 10.0 Å². The average Bonchev–Trinajstić information content (AvgIpc) is 2.90. The molecule has 19 heavy (non-hydrogen) atoms. The molecule has 3 rings (SSSR count). The van der Waals surface area contributed by atoms with Crippen LogP contribution < -0.4 is 10.0 Å². The third kappa shape index (κ3) is 2.67. The van der Waals surface area contributed by atoms with Crippen molar-refractivity contribution in [2.45, 2.75) is 36.6 Å². The van der Waals surface area contributed by atoms with Crippen LogP contribution in [-0.4, -0.2) is 21.0 Å². The molecular formula is C14H18N2O2S. The molecule has 1 heterocycles. The lowest BCUT2D eigenvalue weighted by molar-refractivity contribution is 0.557. The third-order valence-corrected chi connectivity index (χ3v) is 5.17. The Bertz CT molecular complexity index is 600. The predicted octanol–water partition coefficient (Wildman–Crippen LogP) is 2.04. The van der Waals surface area contributed by atoms with E-state index in [0.717, 1.165) is 43.5 Å². The molecule has 4 nitrogen and oxygen atoms in total. The van der Waals surface area contributed by atoms with Crippen molar-refractivity contribution in [2.24, 2.45) is 0 Å². The summed E-state index contributed by atoms with van der Waals surface area (Å²) in [5.74, 6) is 0. The van der Waals surface area contributed by atoms with Gasteiger partial charge in [-0.05, 0) is 49.4 Å². The van der Waals surface area contributed by atoms with Crippen molar-refractivity contribution < 1.29 is 8.42 Å². The number of anilines is 1. The number of fused-ring (bicyclic) bond motifs is 1. The highest BCUT2D eigenvalue weighted by Gasteiger charge is 2.22. The molecule has 0 atom stereocenters. The first-order chi connectivity index (χ1) is 9.15. The molecule has 0 unspecified atom stereocenters. The Morgan fingerprint density at radius 1 is 1.21 bits per heavy atom. The molecule has 0 fully saturated rings. The first-order valence-electron chi connectivity index (χ1n) is 6.69. The molecule has 0 saturated heterocycles. The molecule has 0 bridgehead atoms. The summed E-state index contributed by atoms with van der Waals surface area (Å²) >= 11 is 0. The number of aryl methyl sites for hydroxylation is 1. The average molecular weight is 278 g/mol. The van der Waals surface area contributed by atoms with Gasteiger partial charge in [0.25, 0.3) is 0 Å². The molecule has 0 radical (unpaired) electrons. The van der Waals surface area contributed by atoms with Gasteiger partial charge in [0.15, 0.2) is 0 Å². The van der Waals surface area contributed by atoms with E-state index >= 15 is 0 Å². The van der Waals surface area contributed by atoms with Crippen LogP contribution in [0, 0.1) is 0 Å². The Morgan fingerprint density at radius 2 is 2.00 bits per heavy atom. The monoisotopic (exact) mass is 278 g/mol.